The Morgan fingerprint density at radius 2 is 1.95 bits per heavy atom. The van der Waals surface area contributed by atoms with Crippen molar-refractivity contribution in [2.45, 2.75) is 6.54 Å². The Hall–Kier alpha value is -2.53. The molecule has 0 saturated heterocycles. The van der Waals surface area contributed by atoms with Crippen LogP contribution in [0.15, 0.2) is 52.9 Å². The van der Waals surface area contributed by atoms with Crippen LogP contribution in [-0.4, -0.2) is 23.2 Å². The Bertz CT molecular complexity index is 725. The van der Waals surface area contributed by atoms with Gasteiger partial charge in [-0.05, 0) is 23.8 Å². The van der Waals surface area contributed by atoms with Crippen molar-refractivity contribution in [1.82, 2.24) is 4.98 Å². The van der Waals surface area contributed by atoms with Crippen molar-refractivity contribution in [3.8, 4) is 0 Å². The van der Waals surface area contributed by atoms with Gasteiger partial charge in [0.05, 0.1) is 6.61 Å². The normalized spacial score (nSPS) is 10.9. The number of hydrogen-bond donors (Lipinski definition) is 2. The molecule has 0 aliphatic rings. The first-order valence-electron chi connectivity index (χ1n) is 6.82. The Kier molecular flexibility index (Phi) is 3.75. The van der Waals surface area contributed by atoms with Crippen LogP contribution in [0.2, 0.25) is 0 Å². The quantitative estimate of drug-likeness (QED) is 0.703. The molecule has 0 radical (unpaired) electrons. The van der Waals surface area contributed by atoms with Crippen LogP contribution in [0.25, 0.3) is 11.1 Å². The number of anilines is 2. The van der Waals surface area contributed by atoms with Crippen molar-refractivity contribution in [3.63, 3.8) is 0 Å². The average Bonchev–Trinajstić information content (AvgIpc) is 2.91. The minimum atomic E-state index is 0.0354. The first-order chi connectivity index (χ1) is 10.3. The summed E-state index contributed by atoms with van der Waals surface area (Å²) < 4.78 is 5.76. The van der Waals surface area contributed by atoms with Crippen molar-refractivity contribution in [3.05, 3.63) is 54.1 Å². The van der Waals surface area contributed by atoms with Crippen molar-refractivity contribution in [1.29, 1.82) is 0 Å². The zero-order chi connectivity index (χ0) is 14.7. The highest BCUT2D eigenvalue weighted by atomic mass is 16.4. The van der Waals surface area contributed by atoms with Gasteiger partial charge < -0.3 is 20.2 Å². The predicted octanol–water partition coefficient (Wildman–Crippen LogP) is 2.41. The fraction of sp³-hybridized carbons (Fsp3) is 0.188. The smallest absolute Gasteiger partial charge is 0.298 e. The van der Waals surface area contributed by atoms with Crippen LogP contribution in [0.1, 0.15) is 5.56 Å². The second kappa shape index (κ2) is 5.85. The van der Waals surface area contributed by atoms with Crippen LogP contribution in [0, 0.1) is 0 Å². The van der Waals surface area contributed by atoms with E-state index in [1.165, 1.54) is 0 Å². The van der Waals surface area contributed by atoms with E-state index in [0.29, 0.717) is 30.4 Å². The van der Waals surface area contributed by atoms with Gasteiger partial charge in [0.2, 0.25) is 0 Å². The van der Waals surface area contributed by atoms with Crippen LogP contribution in [-0.2, 0) is 6.54 Å². The lowest BCUT2D eigenvalue weighted by Crippen LogP contribution is -2.26. The largest absolute Gasteiger partial charge is 0.423 e. The molecule has 2 aromatic carbocycles. The zero-order valence-corrected chi connectivity index (χ0v) is 11.6. The number of rotatable bonds is 5. The molecule has 5 heteroatoms. The number of aliphatic hydroxyl groups is 1. The van der Waals surface area contributed by atoms with Crippen molar-refractivity contribution < 1.29 is 9.52 Å². The first-order valence-corrected chi connectivity index (χ1v) is 6.82. The second-order valence-electron chi connectivity index (χ2n) is 4.85. The van der Waals surface area contributed by atoms with Crippen LogP contribution in [0.4, 0.5) is 11.7 Å². The molecule has 108 valence electrons. The predicted molar refractivity (Wildman–Crippen MR) is 83.0 cm³/mol. The molecule has 0 aliphatic heterocycles. The monoisotopic (exact) mass is 283 g/mol. The molecule has 1 aromatic heterocycles. The summed E-state index contributed by atoms with van der Waals surface area (Å²) in [6, 6.07) is 15.9. The summed E-state index contributed by atoms with van der Waals surface area (Å²) in [6.45, 7) is 1.12. The molecule has 21 heavy (non-hydrogen) atoms. The summed E-state index contributed by atoms with van der Waals surface area (Å²) in [7, 11) is 0. The van der Waals surface area contributed by atoms with Gasteiger partial charge in [-0.3, -0.25) is 0 Å². The lowest BCUT2D eigenvalue weighted by atomic mass is 10.2. The maximum Gasteiger partial charge on any atom is 0.298 e. The number of aromatic nitrogens is 1. The van der Waals surface area contributed by atoms with E-state index in [1.807, 2.05) is 35.2 Å². The van der Waals surface area contributed by atoms with E-state index < -0.39 is 0 Å². The lowest BCUT2D eigenvalue weighted by Gasteiger charge is -2.19. The Morgan fingerprint density at radius 3 is 2.71 bits per heavy atom. The van der Waals surface area contributed by atoms with Gasteiger partial charge in [-0.1, -0.05) is 30.3 Å². The fourth-order valence-electron chi connectivity index (χ4n) is 2.23. The van der Waals surface area contributed by atoms with E-state index in [2.05, 4.69) is 4.98 Å². The van der Waals surface area contributed by atoms with Crippen molar-refractivity contribution >= 4 is 22.8 Å². The van der Waals surface area contributed by atoms with Gasteiger partial charge >= 0.3 is 0 Å². The van der Waals surface area contributed by atoms with E-state index in [-0.39, 0.29) is 6.61 Å². The summed E-state index contributed by atoms with van der Waals surface area (Å²) >= 11 is 0. The molecule has 0 fully saturated rings. The summed E-state index contributed by atoms with van der Waals surface area (Å²) in [5.41, 5.74) is 8.95. The maximum absolute atomic E-state index is 9.26. The third-order valence-corrected chi connectivity index (χ3v) is 3.26. The molecule has 0 amide bonds. The number of hydrogen-bond acceptors (Lipinski definition) is 5. The third kappa shape index (κ3) is 2.98. The third-order valence-electron chi connectivity index (χ3n) is 3.26. The van der Waals surface area contributed by atoms with Crippen molar-refractivity contribution in [2.24, 2.45) is 0 Å². The molecule has 0 unspecified atom stereocenters. The van der Waals surface area contributed by atoms with E-state index in [0.717, 1.165) is 11.1 Å². The molecular weight excluding hydrogens is 266 g/mol. The Labute approximate surface area is 122 Å². The molecule has 5 nitrogen and oxygen atoms in total. The highest BCUT2D eigenvalue weighted by Gasteiger charge is 2.14. The number of nitrogens with zero attached hydrogens (tertiary/aromatic N) is 2. The highest BCUT2D eigenvalue weighted by molar-refractivity contribution is 5.78. The van der Waals surface area contributed by atoms with Crippen molar-refractivity contribution in [2.75, 3.05) is 23.8 Å². The van der Waals surface area contributed by atoms with Crippen LogP contribution in [0.5, 0.6) is 0 Å². The number of benzene rings is 2. The number of oxazole rings is 1. The average molecular weight is 283 g/mol. The highest BCUT2D eigenvalue weighted by Crippen LogP contribution is 2.24. The molecule has 1 heterocycles. The second-order valence-corrected chi connectivity index (χ2v) is 4.85. The van der Waals surface area contributed by atoms with Gasteiger partial charge in [0.1, 0.15) is 5.52 Å². The molecule has 0 bridgehead atoms. The SMILES string of the molecule is Nc1ccc2oc(N(CCO)Cc3ccccc3)nc2c1. The number of aliphatic hydroxyl groups excluding tert-OH is 1. The van der Waals surface area contributed by atoms with Gasteiger partial charge in [-0.2, -0.15) is 4.98 Å². The topological polar surface area (TPSA) is 75.5 Å². The number of nitrogens with two attached hydrogens (primary N) is 1. The van der Waals surface area contributed by atoms with Gasteiger partial charge in [0.15, 0.2) is 5.58 Å². The Balaban J connectivity index is 1.91. The number of fused-ring (bicyclic) bond motifs is 1. The standard InChI is InChI=1S/C16H17N3O2/c17-13-6-7-15-14(10-13)18-16(21-15)19(8-9-20)11-12-4-2-1-3-5-12/h1-7,10,20H,8-9,11,17H2. The van der Waals surface area contributed by atoms with E-state index in [1.54, 1.807) is 18.2 Å². The molecule has 3 aromatic rings. The van der Waals surface area contributed by atoms with Gasteiger partial charge in [-0.15, -0.1) is 0 Å². The molecule has 0 spiro atoms. The molecule has 0 saturated carbocycles. The van der Waals surface area contributed by atoms with Gasteiger partial charge in [0, 0.05) is 18.8 Å². The van der Waals surface area contributed by atoms with Crippen LogP contribution < -0.4 is 10.6 Å². The molecular formula is C16H17N3O2. The summed E-state index contributed by atoms with van der Waals surface area (Å²) in [4.78, 5) is 6.37. The molecule has 0 atom stereocenters. The van der Waals surface area contributed by atoms with E-state index in [9.17, 15) is 5.11 Å². The van der Waals surface area contributed by atoms with Crippen LogP contribution in [0.3, 0.4) is 0 Å². The minimum Gasteiger partial charge on any atom is -0.423 e. The number of nitrogen functional groups attached to an aromatic ring is 1. The summed E-state index contributed by atoms with van der Waals surface area (Å²) in [5, 5.41) is 9.26. The fourth-order valence-corrected chi connectivity index (χ4v) is 2.23. The minimum absolute atomic E-state index is 0.0354. The van der Waals surface area contributed by atoms with E-state index >= 15 is 0 Å². The summed E-state index contributed by atoms with van der Waals surface area (Å²) in [6.07, 6.45) is 0. The maximum atomic E-state index is 9.26. The lowest BCUT2D eigenvalue weighted by molar-refractivity contribution is 0.298. The Morgan fingerprint density at radius 1 is 1.14 bits per heavy atom. The molecule has 3 rings (SSSR count). The zero-order valence-electron chi connectivity index (χ0n) is 11.6. The van der Waals surface area contributed by atoms with E-state index in [4.69, 9.17) is 10.2 Å². The molecule has 3 N–H and O–H groups in total. The first kappa shape index (κ1) is 13.5. The van der Waals surface area contributed by atoms with Gasteiger partial charge in [-0.25, -0.2) is 0 Å². The van der Waals surface area contributed by atoms with Crippen LogP contribution >= 0.6 is 0 Å². The molecule has 0 aliphatic carbocycles. The van der Waals surface area contributed by atoms with Gasteiger partial charge in [0.25, 0.3) is 6.01 Å². The summed E-state index contributed by atoms with van der Waals surface area (Å²) in [5.74, 6) is 0.